The van der Waals surface area contributed by atoms with Crippen molar-refractivity contribution in [2.75, 3.05) is 20.1 Å². The SMILES string of the molecule is CN1CC[C@@H](c2c[se]c3ccccc23)C1. The summed E-state index contributed by atoms with van der Waals surface area (Å²) in [6.07, 6.45) is 1.34. The zero-order valence-corrected chi connectivity index (χ0v) is 10.7. The van der Waals surface area contributed by atoms with Crippen molar-refractivity contribution < 1.29 is 0 Å². The molecule has 0 amide bonds. The van der Waals surface area contributed by atoms with Crippen molar-refractivity contribution in [3.8, 4) is 0 Å². The summed E-state index contributed by atoms with van der Waals surface area (Å²) in [5, 5.41) is 1.54. The summed E-state index contributed by atoms with van der Waals surface area (Å²) in [5.41, 5.74) is 1.63. The fourth-order valence-corrected chi connectivity index (χ4v) is 4.69. The predicted octanol–water partition coefficient (Wildman–Crippen LogP) is 2.32. The molecule has 1 fully saturated rings. The van der Waals surface area contributed by atoms with Crippen LogP contribution in [0.4, 0.5) is 0 Å². The van der Waals surface area contributed by atoms with Gasteiger partial charge in [0.05, 0.1) is 0 Å². The fourth-order valence-electron chi connectivity index (χ4n) is 2.50. The average Bonchev–Trinajstić information content (AvgIpc) is 2.83. The van der Waals surface area contributed by atoms with Crippen molar-refractivity contribution in [2.45, 2.75) is 12.3 Å². The molecule has 2 heterocycles. The normalized spacial score (nSPS) is 22.6. The predicted molar refractivity (Wildman–Crippen MR) is 65.7 cm³/mol. The first-order valence-electron chi connectivity index (χ1n) is 5.49. The molecule has 0 unspecified atom stereocenters. The Morgan fingerprint density at radius 1 is 1.33 bits per heavy atom. The second kappa shape index (κ2) is 3.79. The molecule has 3 rings (SSSR count). The topological polar surface area (TPSA) is 3.24 Å². The van der Waals surface area contributed by atoms with Crippen molar-refractivity contribution in [2.24, 2.45) is 0 Å². The average molecular weight is 264 g/mol. The second-order valence-corrected chi connectivity index (χ2v) is 6.35. The third-order valence-corrected chi connectivity index (χ3v) is 5.40. The van der Waals surface area contributed by atoms with Gasteiger partial charge in [0.1, 0.15) is 0 Å². The van der Waals surface area contributed by atoms with Gasteiger partial charge in [-0.2, -0.15) is 0 Å². The Balaban J connectivity index is 2.04. The third kappa shape index (κ3) is 1.67. The van der Waals surface area contributed by atoms with Gasteiger partial charge in [-0.25, -0.2) is 0 Å². The van der Waals surface area contributed by atoms with Gasteiger partial charge < -0.3 is 0 Å². The Bertz CT molecular complexity index is 474. The Hall–Kier alpha value is -0.561. The van der Waals surface area contributed by atoms with Gasteiger partial charge in [-0.1, -0.05) is 0 Å². The van der Waals surface area contributed by atoms with E-state index in [9.17, 15) is 0 Å². The summed E-state index contributed by atoms with van der Waals surface area (Å²) in [6.45, 7) is 2.51. The Labute approximate surface area is 96.4 Å². The first-order valence-corrected chi connectivity index (χ1v) is 7.34. The van der Waals surface area contributed by atoms with E-state index < -0.39 is 0 Å². The van der Waals surface area contributed by atoms with Crippen molar-refractivity contribution in [1.29, 1.82) is 0 Å². The second-order valence-electron chi connectivity index (χ2n) is 4.44. The molecular weight excluding hydrogens is 249 g/mol. The van der Waals surface area contributed by atoms with Gasteiger partial charge in [0.2, 0.25) is 0 Å². The first-order chi connectivity index (χ1) is 7.34. The minimum absolute atomic E-state index is 0.590. The molecule has 0 N–H and O–H groups in total. The van der Waals surface area contributed by atoms with Crippen molar-refractivity contribution in [3.05, 3.63) is 34.8 Å². The molecule has 0 radical (unpaired) electrons. The summed E-state index contributed by atoms with van der Waals surface area (Å²) in [5.74, 6) is 0.792. The summed E-state index contributed by atoms with van der Waals surface area (Å²) >= 11 is 0.590. The van der Waals surface area contributed by atoms with E-state index in [1.54, 1.807) is 9.82 Å². The number of hydrogen-bond acceptors (Lipinski definition) is 1. The van der Waals surface area contributed by atoms with Crippen LogP contribution in [0.25, 0.3) is 9.65 Å². The molecule has 0 spiro atoms. The molecule has 1 aromatic heterocycles. The molecule has 0 bridgehead atoms. The van der Waals surface area contributed by atoms with Crippen LogP contribution in [0, 0.1) is 0 Å². The van der Waals surface area contributed by atoms with E-state index in [4.69, 9.17) is 0 Å². The van der Waals surface area contributed by atoms with E-state index in [0.29, 0.717) is 14.5 Å². The number of benzene rings is 1. The van der Waals surface area contributed by atoms with E-state index in [1.165, 1.54) is 24.9 Å². The minimum atomic E-state index is 0.590. The Kier molecular flexibility index (Phi) is 2.44. The summed E-state index contributed by atoms with van der Waals surface area (Å²) in [6, 6.07) is 8.93. The third-order valence-electron chi connectivity index (χ3n) is 3.34. The molecular formula is C13H15NSe. The molecule has 1 saturated heterocycles. The van der Waals surface area contributed by atoms with Crippen LogP contribution < -0.4 is 0 Å². The van der Waals surface area contributed by atoms with Crippen LogP contribution in [0.15, 0.2) is 29.2 Å². The Morgan fingerprint density at radius 2 is 2.20 bits per heavy atom. The van der Waals surface area contributed by atoms with E-state index >= 15 is 0 Å². The van der Waals surface area contributed by atoms with Crippen LogP contribution in [0.5, 0.6) is 0 Å². The Morgan fingerprint density at radius 3 is 3.00 bits per heavy atom. The van der Waals surface area contributed by atoms with Gasteiger partial charge >= 0.3 is 96.3 Å². The van der Waals surface area contributed by atoms with E-state index in [0.717, 1.165) is 5.92 Å². The van der Waals surface area contributed by atoms with Crippen LogP contribution in [0.2, 0.25) is 0 Å². The summed E-state index contributed by atoms with van der Waals surface area (Å²) in [7, 11) is 2.23. The van der Waals surface area contributed by atoms with Crippen LogP contribution in [0.3, 0.4) is 0 Å². The molecule has 2 heteroatoms. The number of likely N-dealkylation sites (N-methyl/N-ethyl adjacent to an activating group) is 1. The number of rotatable bonds is 1. The quantitative estimate of drug-likeness (QED) is 0.714. The van der Waals surface area contributed by atoms with Crippen LogP contribution in [-0.2, 0) is 0 Å². The van der Waals surface area contributed by atoms with Crippen molar-refractivity contribution >= 4 is 24.1 Å². The van der Waals surface area contributed by atoms with Crippen LogP contribution >= 0.6 is 0 Å². The maximum absolute atomic E-state index is 2.50. The van der Waals surface area contributed by atoms with E-state index in [1.807, 2.05) is 0 Å². The number of fused-ring (bicyclic) bond motifs is 1. The van der Waals surface area contributed by atoms with Gasteiger partial charge in [0, 0.05) is 0 Å². The molecule has 15 heavy (non-hydrogen) atoms. The number of likely N-dealkylation sites (tertiary alicyclic amines) is 1. The molecule has 1 nitrogen and oxygen atoms in total. The number of hydrogen-bond donors (Lipinski definition) is 0. The zero-order valence-electron chi connectivity index (χ0n) is 8.94. The molecule has 1 aromatic carbocycles. The molecule has 0 saturated carbocycles. The van der Waals surface area contributed by atoms with Gasteiger partial charge in [-0.15, -0.1) is 0 Å². The van der Waals surface area contributed by atoms with Crippen LogP contribution in [-0.4, -0.2) is 39.5 Å². The molecule has 1 aliphatic rings. The molecule has 2 aromatic rings. The van der Waals surface area contributed by atoms with Crippen molar-refractivity contribution in [3.63, 3.8) is 0 Å². The van der Waals surface area contributed by atoms with Gasteiger partial charge in [-0.05, 0) is 0 Å². The molecule has 0 aliphatic carbocycles. The first kappa shape index (κ1) is 9.65. The fraction of sp³-hybridized carbons (Fsp3) is 0.385. The number of nitrogens with zero attached hydrogens (tertiary/aromatic N) is 1. The summed E-state index contributed by atoms with van der Waals surface area (Å²) in [4.78, 5) is 4.95. The monoisotopic (exact) mass is 265 g/mol. The van der Waals surface area contributed by atoms with Gasteiger partial charge in [0.25, 0.3) is 0 Å². The molecule has 1 aliphatic heterocycles. The standard InChI is InChI=1S/C13H15NSe/c1-14-7-6-10(8-14)12-9-15-13-5-3-2-4-11(12)13/h2-5,9-10H,6-8H2,1H3/t10-/m1/s1. The molecule has 78 valence electrons. The zero-order chi connectivity index (χ0) is 10.3. The summed E-state index contributed by atoms with van der Waals surface area (Å²) < 4.78 is 1.58. The van der Waals surface area contributed by atoms with Gasteiger partial charge in [0.15, 0.2) is 0 Å². The molecule has 1 atom stereocenters. The van der Waals surface area contributed by atoms with E-state index in [-0.39, 0.29) is 0 Å². The van der Waals surface area contributed by atoms with Gasteiger partial charge in [-0.3, -0.25) is 0 Å². The maximum atomic E-state index is 2.50. The van der Waals surface area contributed by atoms with Crippen molar-refractivity contribution in [1.82, 2.24) is 4.90 Å². The van der Waals surface area contributed by atoms with Crippen LogP contribution in [0.1, 0.15) is 17.9 Å². The van der Waals surface area contributed by atoms with E-state index in [2.05, 4.69) is 41.2 Å².